The van der Waals surface area contributed by atoms with E-state index in [0.29, 0.717) is 13.0 Å². The summed E-state index contributed by atoms with van der Waals surface area (Å²) in [6.07, 6.45) is 1.56. The van der Waals surface area contributed by atoms with Gasteiger partial charge in [0, 0.05) is 12.2 Å². The predicted octanol–water partition coefficient (Wildman–Crippen LogP) is 2.38. The lowest BCUT2D eigenvalue weighted by atomic mass is 9.86. The molecule has 3 N–H and O–H groups in total. The van der Waals surface area contributed by atoms with Crippen LogP contribution in [-0.2, 0) is 10.2 Å². The zero-order valence-corrected chi connectivity index (χ0v) is 12.8. The van der Waals surface area contributed by atoms with Gasteiger partial charge in [-0.3, -0.25) is 4.79 Å². The highest BCUT2D eigenvalue weighted by Crippen LogP contribution is 2.29. The van der Waals surface area contributed by atoms with E-state index in [9.17, 15) is 9.59 Å². The van der Waals surface area contributed by atoms with Gasteiger partial charge in [-0.1, -0.05) is 39.0 Å². The van der Waals surface area contributed by atoms with Gasteiger partial charge in [-0.25, -0.2) is 4.79 Å². The highest BCUT2D eigenvalue weighted by atomic mass is 16.2. The van der Waals surface area contributed by atoms with E-state index >= 15 is 0 Å². The maximum Gasteiger partial charge on any atom is 0.319 e. The van der Waals surface area contributed by atoms with Crippen LogP contribution in [0.1, 0.15) is 39.2 Å². The molecule has 5 nitrogen and oxygen atoms in total. The van der Waals surface area contributed by atoms with Crippen LogP contribution < -0.4 is 16.0 Å². The number of urea groups is 1. The minimum absolute atomic E-state index is 0.0634. The summed E-state index contributed by atoms with van der Waals surface area (Å²) in [6, 6.07) is 6.94. The number of para-hydroxylation sites is 1. The van der Waals surface area contributed by atoms with Crippen LogP contribution in [-0.4, -0.2) is 24.5 Å². The summed E-state index contributed by atoms with van der Waals surface area (Å²) in [5.74, 6) is -0.111. The molecule has 1 aromatic carbocycles. The van der Waals surface area contributed by atoms with Crippen molar-refractivity contribution in [3.8, 4) is 0 Å². The van der Waals surface area contributed by atoms with Gasteiger partial charge in [-0.05, 0) is 29.9 Å². The number of rotatable bonds is 2. The second-order valence-electron chi connectivity index (χ2n) is 6.38. The molecular formula is C16H23N3O2. The van der Waals surface area contributed by atoms with Gasteiger partial charge in [0.1, 0.15) is 6.04 Å². The summed E-state index contributed by atoms with van der Waals surface area (Å²) in [6.45, 7) is 6.98. The van der Waals surface area contributed by atoms with Crippen LogP contribution in [0.25, 0.3) is 0 Å². The fourth-order valence-corrected chi connectivity index (χ4v) is 2.47. The molecule has 1 aromatic rings. The van der Waals surface area contributed by atoms with Gasteiger partial charge in [0.2, 0.25) is 5.91 Å². The molecule has 1 aliphatic rings. The van der Waals surface area contributed by atoms with Crippen LogP contribution >= 0.6 is 0 Å². The van der Waals surface area contributed by atoms with Crippen LogP contribution in [0.5, 0.6) is 0 Å². The minimum Gasteiger partial charge on any atom is -0.354 e. The molecule has 1 aliphatic heterocycles. The van der Waals surface area contributed by atoms with Crippen molar-refractivity contribution in [1.82, 2.24) is 10.6 Å². The van der Waals surface area contributed by atoms with Crippen LogP contribution in [0.15, 0.2) is 24.3 Å². The molecule has 0 radical (unpaired) electrons. The van der Waals surface area contributed by atoms with Crippen LogP contribution in [0.2, 0.25) is 0 Å². The molecule has 0 spiro atoms. The second-order valence-corrected chi connectivity index (χ2v) is 6.38. The predicted molar refractivity (Wildman–Crippen MR) is 83.3 cm³/mol. The number of hydrogen-bond donors (Lipinski definition) is 3. The van der Waals surface area contributed by atoms with Gasteiger partial charge in [-0.2, -0.15) is 0 Å². The van der Waals surface area contributed by atoms with Crippen molar-refractivity contribution in [2.24, 2.45) is 0 Å². The van der Waals surface area contributed by atoms with Crippen molar-refractivity contribution < 1.29 is 9.59 Å². The first kappa shape index (κ1) is 15.4. The molecule has 0 saturated carbocycles. The van der Waals surface area contributed by atoms with Gasteiger partial charge >= 0.3 is 6.03 Å². The van der Waals surface area contributed by atoms with E-state index in [-0.39, 0.29) is 17.4 Å². The normalized spacial score (nSPS) is 18.8. The summed E-state index contributed by atoms with van der Waals surface area (Å²) in [5.41, 5.74) is 1.78. The van der Waals surface area contributed by atoms with Crippen molar-refractivity contribution in [2.45, 2.75) is 45.1 Å². The maximum atomic E-state index is 12.1. The standard InChI is InChI=1S/C16H23N3O2/c1-16(2,3)11-7-4-5-8-12(11)18-15(21)19-13-9-6-10-17-14(13)20/h4-5,7-8,13H,6,9-10H2,1-3H3,(H,17,20)(H2,18,19,21)/t13-/m1/s1. The molecule has 0 unspecified atom stereocenters. The van der Waals surface area contributed by atoms with Gasteiger partial charge in [0.15, 0.2) is 0 Å². The van der Waals surface area contributed by atoms with Crippen molar-refractivity contribution in [1.29, 1.82) is 0 Å². The number of benzene rings is 1. The molecule has 1 heterocycles. The van der Waals surface area contributed by atoms with E-state index < -0.39 is 6.04 Å². The highest BCUT2D eigenvalue weighted by molar-refractivity contribution is 5.94. The van der Waals surface area contributed by atoms with Crippen molar-refractivity contribution in [2.75, 3.05) is 11.9 Å². The van der Waals surface area contributed by atoms with E-state index in [2.05, 4.69) is 36.7 Å². The largest absolute Gasteiger partial charge is 0.354 e. The Balaban J connectivity index is 2.05. The molecule has 1 fully saturated rings. The first-order valence-corrected chi connectivity index (χ1v) is 7.32. The molecule has 1 saturated heterocycles. The maximum absolute atomic E-state index is 12.1. The summed E-state index contributed by atoms with van der Waals surface area (Å²) in [4.78, 5) is 23.8. The number of hydrogen-bond acceptors (Lipinski definition) is 2. The van der Waals surface area contributed by atoms with E-state index in [1.54, 1.807) is 0 Å². The third-order valence-corrected chi connectivity index (χ3v) is 3.57. The van der Waals surface area contributed by atoms with Crippen molar-refractivity contribution in [3.63, 3.8) is 0 Å². The summed E-state index contributed by atoms with van der Waals surface area (Å²) < 4.78 is 0. The molecule has 0 bridgehead atoms. The summed E-state index contributed by atoms with van der Waals surface area (Å²) >= 11 is 0. The Bertz CT molecular complexity index is 535. The Morgan fingerprint density at radius 1 is 1.29 bits per heavy atom. The van der Waals surface area contributed by atoms with E-state index in [1.165, 1.54) is 0 Å². The van der Waals surface area contributed by atoms with Gasteiger partial charge in [0.25, 0.3) is 0 Å². The monoisotopic (exact) mass is 289 g/mol. The fraction of sp³-hybridized carbons (Fsp3) is 0.500. The Morgan fingerprint density at radius 3 is 2.67 bits per heavy atom. The average Bonchev–Trinajstić information content (AvgIpc) is 2.41. The number of carbonyl (C=O) groups excluding carboxylic acids is 2. The van der Waals surface area contributed by atoms with Gasteiger partial charge in [-0.15, -0.1) is 0 Å². The Labute approximate surface area is 125 Å². The summed E-state index contributed by atoms with van der Waals surface area (Å²) in [7, 11) is 0. The van der Waals surface area contributed by atoms with E-state index in [0.717, 1.165) is 17.7 Å². The lowest BCUT2D eigenvalue weighted by molar-refractivity contribution is -0.124. The van der Waals surface area contributed by atoms with Gasteiger partial charge in [0.05, 0.1) is 0 Å². The first-order valence-electron chi connectivity index (χ1n) is 7.32. The molecule has 1 atom stereocenters. The lowest BCUT2D eigenvalue weighted by Crippen LogP contribution is -2.51. The third kappa shape index (κ3) is 3.97. The van der Waals surface area contributed by atoms with Crippen LogP contribution in [0.4, 0.5) is 10.5 Å². The topological polar surface area (TPSA) is 70.2 Å². The minimum atomic E-state index is -0.444. The fourth-order valence-electron chi connectivity index (χ4n) is 2.47. The van der Waals surface area contributed by atoms with E-state index in [1.807, 2.05) is 24.3 Å². The van der Waals surface area contributed by atoms with Gasteiger partial charge < -0.3 is 16.0 Å². The number of nitrogens with one attached hydrogen (secondary N) is 3. The van der Waals surface area contributed by atoms with Crippen LogP contribution in [0, 0.1) is 0 Å². The number of piperidine rings is 1. The smallest absolute Gasteiger partial charge is 0.319 e. The Morgan fingerprint density at radius 2 is 2.00 bits per heavy atom. The SMILES string of the molecule is CC(C)(C)c1ccccc1NC(=O)N[C@@H]1CCCNC1=O. The first-order chi connectivity index (χ1) is 9.88. The molecule has 5 heteroatoms. The van der Waals surface area contributed by atoms with Crippen molar-refractivity contribution >= 4 is 17.6 Å². The Kier molecular flexibility index (Phi) is 4.50. The van der Waals surface area contributed by atoms with E-state index in [4.69, 9.17) is 0 Å². The zero-order valence-electron chi connectivity index (χ0n) is 12.8. The number of anilines is 1. The number of carbonyl (C=O) groups is 2. The zero-order chi connectivity index (χ0) is 15.5. The third-order valence-electron chi connectivity index (χ3n) is 3.57. The molecule has 0 aliphatic carbocycles. The van der Waals surface area contributed by atoms with Crippen LogP contribution in [0.3, 0.4) is 0 Å². The molecule has 2 rings (SSSR count). The van der Waals surface area contributed by atoms with Crippen molar-refractivity contribution in [3.05, 3.63) is 29.8 Å². The summed E-state index contributed by atoms with van der Waals surface area (Å²) in [5, 5.41) is 8.34. The molecule has 3 amide bonds. The molecule has 21 heavy (non-hydrogen) atoms. The second kappa shape index (κ2) is 6.16. The Hall–Kier alpha value is -2.04. The lowest BCUT2D eigenvalue weighted by Gasteiger charge is -2.25. The highest BCUT2D eigenvalue weighted by Gasteiger charge is 2.24. The molecular weight excluding hydrogens is 266 g/mol. The average molecular weight is 289 g/mol. The quantitative estimate of drug-likeness (QED) is 0.782. The molecule has 114 valence electrons. The number of amides is 3. The molecule has 0 aromatic heterocycles.